The van der Waals surface area contributed by atoms with Crippen molar-refractivity contribution in [2.24, 2.45) is 0 Å². The van der Waals surface area contributed by atoms with E-state index in [-0.39, 0.29) is 0 Å². The van der Waals surface area contributed by atoms with Crippen molar-refractivity contribution in [3.8, 4) is 0 Å². The van der Waals surface area contributed by atoms with Gasteiger partial charge in [0, 0.05) is 0 Å². The van der Waals surface area contributed by atoms with Gasteiger partial charge in [0.1, 0.15) is 24.4 Å². The van der Waals surface area contributed by atoms with Gasteiger partial charge in [0.05, 0.1) is 39.6 Å². The molecule has 43 heavy (non-hydrogen) atoms. The van der Waals surface area contributed by atoms with Crippen LogP contribution in [0, 0.1) is 0 Å². The maximum Gasteiger partial charge on any atom is 0.218 e. The molecule has 4 aromatic rings. The van der Waals surface area contributed by atoms with E-state index >= 15 is 0 Å². The number of ether oxygens (including phenoxy) is 6. The molecule has 2 aliphatic rings. The van der Waals surface area contributed by atoms with Gasteiger partial charge >= 0.3 is 0 Å². The number of benzene rings is 4. The monoisotopic (exact) mass is 578 g/mol. The third-order valence-corrected chi connectivity index (χ3v) is 7.71. The Morgan fingerprint density at radius 2 is 1.02 bits per heavy atom. The number of rotatable bonds is 13. The van der Waals surface area contributed by atoms with Gasteiger partial charge in [-0.3, -0.25) is 0 Å². The molecule has 222 valence electrons. The Balaban J connectivity index is 1.30. The predicted molar refractivity (Wildman–Crippen MR) is 164 cm³/mol. The van der Waals surface area contributed by atoms with Crippen LogP contribution in [-0.2, 0) is 54.8 Å². The zero-order chi connectivity index (χ0) is 29.2. The first kappa shape index (κ1) is 29.5. The molecule has 0 aliphatic carbocycles. The third kappa shape index (κ3) is 7.67. The van der Waals surface area contributed by atoms with Crippen LogP contribution in [-0.4, -0.2) is 43.4 Å². The normalized spacial score (nSPS) is 24.8. The molecule has 2 heterocycles. The van der Waals surface area contributed by atoms with Gasteiger partial charge in [-0.1, -0.05) is 127 Å². The van der Waals surface area contributed by atoms with Gasteiger partial charge in [-0.15, -0.1) is 0 Å². The Bertz CT molecular complexity index is 1400. The topological polar surface area (TPSA) is 55.4 Å². The van der Waals surface area contributed by atoms with Crippen molar-refractivity contribution in [2.45, 2.75) is 56.6 Å². The molecule has 6 nitrogen and oxygen atoms in total. The fourth-order valence-corrected chi connectivity index (χ4v) is 5.56. The molecule has 4 aromatic carbocycles. The quantitative estimate of drug-likeness (QED) is 0.166. The van der Waals surface area contributed by atoms with Crippen molar-refractivity contribution in [3.05, 3.63) is 156 Å². The van der Waals surface area contributed by atoms with Crippen molar-refractivity contribution in [1.82, 2.24) is 0 Å². The molecule has 6 rings (SSSR count). The lowest BCUT2D eigenvalue weighted by Gasteiger charge is -2.50. The van der Waals surface area contributed by atoms with Crippen LogP contribution in [0.3, 0.4) is 0 Å². The summed E-state index contributed by atoms with van der Waals surface area (Å²) in [6.45, 7) is 2.33. The molecule has 5 atom stereocenters. The average molecular weight is 579 g/mol. The first-order chi connectivity index (χ1) is 21.3. The van der Waals surface area contributed by atoms with E-state index in [9.17, 15) is 0 Å². The Hall–Kier alpha value is -3.62. The van der Waals surface area contributed by atoms with Crippen molar-refractivity contribution in [2.75, 3.05) is 13.2 Å². The minimum absolute atomic E-state index is 0.296. The second-order valence-electron chi connectivity index (χ2n) is 10.8. The summed E-state index contributed by atoms with van der Waals surface area (Å²) in [5.74, 6) is -1.14. The predicted octanol–water partition coefficient (Wildman–Crippen LogP) is 6.64. The molecule has 6 heteroatoms. The summed E-state index contributed by atoms with van der Waals surface area (Å²) >= 11 is 0. The van der Waals surface area contributed by atoms with Crippen LogP contribution in [0.5, 0.6) is 0 Å². The molecule has 0 N–H and O–H groups in total. The van der Waals surface area contributed by atoms with Crippen LogP contribution < -0.4 is 0 Å². The fourth-order valence-electron chi connectivity index (χ4n) is 5.56. The SMILES string of the molecule is C1=C[C@]2(OC1)O[C@H](COCc1ccccc1)[C@H](OCc1ccccc1)[C@H](OCc1ccccc1)[C@H]2OCc1ccccc1. The van der Waals surface area contributed by atoms with Gasteiger partial charge in [-0.05, 0) is 28.3 Å². The molecule has 1 fully saturated rings. The Morgan fingerprint density at radius 3 is 1.51 bits per heavy atom. The lowest BCUT2D eigenvalue weighted by atomic mass is 9.91. The maximum atomic E-state index is 6.79. The van der Waals surface area contributed by atoms with E-state index in [1.807, 2.05) is 97.1 Å². The van der Waals surface area contributed by atoms with Crippen LogP contribution in [0.1, 0.15) is 22.3 Å². The summed E-state index contributed by atoms with van der Waals surface area (Å²) in [5, 5.41) is 0. The summed E-state index contributed by atoms with van der Waals surface area (Å²) in [7, 11) is 0. The molecular formula is C37H38O6. The third-order valence-electron chi connectivity index (χ3n) is 7.71. The lowest BCUT2D eigenvalue weighted by molar-refractivity contribution is -0.357. The first-order valence-electron chi connectivity index (χ1n) is 14.9. The molecule has 1 saturated heterocycles. The minimum Gasteiger partial charge on any atom is -0.374 e. The van der Waals surface area contributed by atoms with Crippen molar-refractivity contribution in [1.29, 1.82) is 0 Å². The highest BCUT2D eigenvalue weighted by Crippen LogP contribution is 2.40. The molecule has 0 saturated carbocycles. The standard InChI is InChI=1S/C37H38O6/c1-5-14-29(15-6-1)24-38-28-33-34(39-25-30-16-7-2-8-17-30)35(40-26-31-18-9-3-10-19-31)36(37(43-33)22-13-23-42-37)41-27-32-20-11-4-12-21-32/h1-22,33-36H,23-28H2/t33-,34+,35+,36-,37+/m1/s1. The van der Waals surface area contributed by atoms with E-state index in [0.29, 0.717) is 39.6 Å². The van der Waals surface area contributed by atoms with E-state index in [2.05, 4.69) is 36.4 Å². The van der Waals surface area contributed by atoms with Gasteiger partial charge in [0.2, 0.25) is 5.79 Å². The highest BCUT2D eigenvalue weighted by Gasteiger charge is 2.57. The highest BCUT2D eigenvalue weighted by molar-refractivity contribution is 5.19. The van der Waals surface area contributed by atoms with Crippen LogP contribution in [0.15, 0.2) is 133 Å². The van der Waals surface area contributed by atoms with E-state index in [4.69, 9.17) is 28.4 Å². The van der Waals surface area contributed by atoms with Crippen LogP contribution in [0.25, 0.3) is 0 Å². The maximum absolute atomic E-state index is 6.79. The molecule has 0 aromatic heterocycles. The molecule has 0 amide bonds. The summed E-state index contributed by atoms with van der Waals surface area (Å²) in [6.07, 6.45) is 1.84. The number of hydrogen-bond donors (Lipinski definition) is 0. The summed E-state index contributed by atoms with van der Waals surface area (Å²) < 4.78 is 39.5. The Kier molecular flexibility index (Phi) is 10.1. The molecule has 1 spiro atoms. The minimum atomic E-state index is -1.14. The smallest absolute Gasteiger partial charge is 0.218 e. The summed E-state index contributed by atoms with van der Waals surface area (Å²) in [6, 6.07) is 40.5. The van der Waals surface area contributed by atoms with Gasteiger partial charge in [0.25, 0.3) is 0 Å². The van der Waals surface area contributed by atoms with Crippen LogP contribution in [0.2, 0.25) is 0 Å². The Labute approximate surface area is 253 Å². The largest absolute Gasteiger partial charge is 0.374 e. The van der Waals surface area contributed by atoms with Crippen molar-refractivity contribution >= 4 is 0 Å². The van der Waals surface area contributed by atoms with Crippen molar-refractivity contribution < 1.29 is 28.4 Å². The molecular weight excluding hydrogens is 540 g/mol. The summed E-state index contributed by atoms with van der Waals surface area (Å²) in [4.78, 5) is 0. The first-order valence-corrected chi connectivity index (χ1v) is 14.9. The van der Waals surface area contributed by atoms with Gasteiger partial charge < -0.3 is 28.4 Å². The Morgan fingerprint density at radius 1 is 0.558 bits per heavy atom. The van der Waals surface area contributed by atoms with E-state index in [1.54, 1.807) is 0 Å². The van der Waals surface area contributed by atoms with Gasteiger partial charge in [0.15, 0.2) is 0 Å². The zero-order valence-corrected chi connectivity index (χ0v) is 24.2. The molecule has 0 radical (unpaired) electrons. The summed E-state index contributed by atoms with van der Waals surface area (Å²) in [5.41, 5.74) is 4.27. The zero-order valence-electron chi connectivity index (χ0n) is 24.2. The molecule has 0 unspecified atom stereocenters. The van der Waals surface area contributed by atoms with E-state index in [0.717, 1.165) is 22.3 Å². The number of hydrogen-bond acceptors (Lipinski definition) is 6. The van der Waals surface area contributed by atoms with Gasteiger partial charge in [-0.2, -0.15) is 0 Å². The second kappa shape index (κ2) is 14.7. The highest BCUT2D eigenvalue weighted by atomic mass is 16.7. The van der Waals surface area contributed by atoms with E-state index in [1.165, 1.54) is 0 Å². The molecule has 0 bridgehead atoms. The second-order valence-corrected chi connectivity index (χ2v) is 10.8. The van der Waals surface area contributed by atoms with Crippen LogP contribution >= 0.6 is 0 Å². The lowest BCUT2D eigenvalue weighted by Crippen LogP contribution is -2.66. The average Bonchev–Trinajstić information content (AvgIpc) is 3.53. The van der Waals surface area contributed by atoms with Crippen molar-refractivity contribution in [3.63, 3.8) is 0 Å². The molecule has 2 aliphatic heterocycles. The van der Waals surface area contributed by atoms with E-state index < -0.39 is 30.2 Å². The van der Waals surface area contributed by atoms with Crippen LogP contribution in [0.4, 0.5) is 0 Å². The van der Waals surface area contributed by atoms with Gasteiger partial charge in [-0.25, -0.2) is 0 Å². The fraction of sp³-hybridized carbons (Fsp3) is 0.297.